The normalized spacial score (nSPS) is 23.1. The fourth-order valence-corrected chi connectivity index (χ4v) is 2.93. The van der Waals surface area contributed by atoms with E-state index in [1.54, 1.807) is 0 Å². The zero-order valence-electron chi connectivity index (χ0n) is 11.8. The van der Waals surface area contributed by atoms with E-state index in [2.05, 4.69) is 5.32 Å². The Morgan fingerprint density at radius 1 is 1.32 bits per heavy atom. The molecule has 1 aliphatic rings. The number of aryl methyl sites for hydroxylation is 2. The fourth-order valence-electron chi connectivity index (χ4n) is 2.93. The topological polar surface area (TPSA) is 49.3 Å². The predicted octanol–water partition coefficient (Wildman–Crippen LogP) is 2.58. The lowest BCUT2D eigenvalue weighted by Crippen LogP contribution is -2.43. The minimum atomic E-state index is -0.0112. The van der Waals surface area contributed by atoms with Crippen LogP contribution in [-0.2, 0) is 0 Å². The summed E-state index contributed by atoms with van der Waals surface area (Å²) < 4.78 is 0. The van der Waals surface area contributed by atoms with E-state index in [9.17, 15) is 9.90 Å². The van der Waals surface area contributed by atoms with E-state index < -0.39 is 0 Å². The van der Waals surface area contributed by atoms with Crippen molar-refractivity contribution in [3.05, 3.63) is 34.9 Å². The van der Waals surface area contributed by atoms with Crippen molar-refractivity contribution in [3.8, 4) is 0 Å². The first-order valence-electron chi connectivity index (χ1n) is 7.11. The minimum Gasteiger partial charge on any atom is -0.396 e. The van der Waals surface area contributed by atoms with Crippen LogP contribution in [0.2, 0.25) is 0 Å². The molecule has 0 radical (unpaired) electrons. The van der Waals surface area contributed by atoms with Crippen LogP contribution < -0.4 is 5.32 Å². The minimum absolute atomic E-state index is 0.0112. The van der Waals surface area contributed by atoms with Crippen LogP contribution in [-0.4, -0.2) is 23.7 Å². The maximum Gasteiger partial charge on any atom is 0.251 e. The molecule has 0 saturated heterocycles. The first-order valence-corrected chi connectivity index (χ1v) is 7.11. The molecule has 0 heterocycles. The highest BCUT2D eigenvalue weighted by Gasteiger charge is 2.26. The SMILES string of the molecule is Cc1ccc(C(=O)NC2CCCCC2CO)c(C)c1. The summed E-state index contributed by atoms with van der Waals surface area (Å²) in [6.07, 6.45) is 4.27. The summed E-state index contributed by atoms with van der Waals surface area (Å²) in [7, 11) is 0. The lowest BCUT2D eigenvalue weighted by molar-refractivity contribution is 0.0872. The number of benzene rings is 1. The number of rotatable bonds is 3. The average Bonchev–Trinajstić information content (AvgIpc) is 2.39. The molecule has 0 spiro atoms. The molecule has 3 nitrogen and oxygen atoms in total. The Morgan fingerprint density at radius 2 is 2.05 bits per heavy atom. The summed E-state index contributed by atoms with van der Waals surface area (Å²) in [6, 6.07) is 5.99. The lowest BCUT2D eigenvalue weighted by Gasteiger charge is -2.31. The number of aliphatic hydroxyl groups is 1. The van der Waals surface area contributed by atoms with Crippen molar-refractivity contribution in [2.24, 2.45) is 5.92 Å². The van der Waals surface area contributed by atoms with Gasteiger partial charge in [0.05, 0.1) is 0 Å². The third-order valence-corrected chi connectivity index (χ3v) is 4.09. The number of hydrogen-bond donors (Lipinski definition) is 2. The van der Waals surface area contributed by atoms with Gasteiger partial charge in [-0.2, -0.15) is 0 Å². The third-order valence-electron chi connectivity index (χ3n) is 4.09. The summed E-state index contributed by atoms with van der Waals surface area (Å²) in [4.78, 5) is 12.3. The molecule has 0 aromatic heterocycles. The van der Waals surface area contributed by atoms with E-state index >= 15 is 0 Å². The molecule has 1 aromatic carbocycles. The van der Waals surface area contributed by atoms with Gasteiger partial charge in [-0.25, -0.2) is 0 Å². The van der Waals surface area contributed by atoms with Crippen LogP contribution in [0.25, 0.3) is 0 Å². The first-order chi connectivity index (χ1) is 9.11. The molecular weight excluding hydrogens is 238 g/mol. The molecular formula is C16H23NO2. The van der Waals surface area contributed by atoms with Gasteiger partial charge < -0.3 is 10.4 Å². The number of nitrogens with one attached hydrogen (secondary N) is 1. The Bertz CT molecular complexity index is 456. The van der Waals surface area contributed by atoms with Gasteiger partial charge in [-0.05, 0) is 38.3 Å². The van der Waals surface area contributed by atoms with Crippen molar-refractivity contribution < 1.29 is 9.90 Å². The average molecular weight is 261 g/mol. The Hall–Kier alpha value is -1.35. The molecule has 1 amide bonds. The zero-order chi connectivity index (χ0) is 13.8. The maximum atomic E-state index is 12.3. The molecule has 2 rings (SSSR count). The van der Waals surface area contributed by atoms with Crippen LogP contribution >= 0.6 is 0 Å². The second-order valence-corrected chi connectivity index (χ2v) is 5.63. The van der Waals surface area contributed by atoms with E-state index in [4.69, 9.17) is 0 Å². The van der Waals surface area contributed by atoms with E-state index in [0.29, 0.717) is 0 Å². The number of hydrogen-bond acceptors (Lipinski definition) is 2. The molecule has 2 unspecified atom stereocenters. The van der Waals surface area contributed by atoms with Gasteiger partial charge in [-0.1, -0.05) is 30.5 Å². The standard InChI is InChI=1S/C16H23NO2/c1-11-7-8-14(12(2)9-11)16(19)17-15-6-4-3-5-13(15)10-18/h7-9,13,15,18H,3-6,10H2,1-2H3,(H,17,19). The highest BCUT2D eigenvalue weighted by molar-refractivity contribution is 5.95. The van der Waals surface area contributed by atoms with Crippen molar-refractivity contribution >= 4 is 5.91 Å². The smallest absolute Gasteiger partial charge is 0.251 e. The van der Waals surface area contributed by atoms with E-state index in [0.717, 1.165) is 36.8 Å². The Balaban J connectivity index is 2.07. The van der Waals surface area contributed by atoms with Crippen molar-refractivity contribution in [2.45, 2.75) is 45.6 Å². The maximum absolute atomic E-state index is 12.3. The van der Waals surface area contributed by atoms with Gasteiger partial charge in [-0.3, -0.25) is 4.79 Å². The van der Waals surface area contributed by atoms with Gasteiger partial charge in [0.15, 0.2) is 0 Å². The molecule has 1 saturated carbocycles. The number of carbonyl (C=O) groups excluding carboxylic acids is 1. The predicted molar refractivity (Wildman–Crippen MR) is 76.2 cm³/mol. The molecule has 2 atom stereocenters. The zero-order valence-corrected chi connectivity index (χ0v) is 11.8. The van der Waals surface area contributed by atoms with Gasteiger partial charge in [0.2, 0.25) is 0 Å². The van der Waals surface area contributed by atoms with Crippen LogP contribution in [0, 0.1) is 19.8 Å². The molecule has 0 aliphatic heterocycles. The van der Waals surface area contributed by atoms with Crippen molar-refractivity contribution in [3.63, 3.8) is 0 Å². The molecule has 2 N–H and O–H groups in total. The number of amides is 1. The lowest BCUT2D eigenvalue weighted by atomic mass is 9.85. The van der Waals surface area contributed by atoms with Crippen LogP contribution in [0.4, 0.5) is 0 Å². The second kappa shape index (κ2) is 6.20. The van der Waals surface area contributed by atoms with Crippen LogP contribution in [0.3, 0.4) is 0 Å². The van der Waals surface area contributed by atoms with Crippen LogP contribution in [0.15, 0.2) is 18.2 Å². The Morgan fingerprint density at radius 3 is 2.74 bits per heavy atom. The largest absolute Gasteiger partial charge is 0.396 e. The highest BCUT2D eigenvalue weighted by atomic mass is 16.3. The van der Waals surface area contributed by atoms with Gasteiger partial charge in [0, 0.05) is 24.1 Å². The Labute approximate surface area is 115 Å². The third kappa shape index (κ3) is 3.35. The molecule has 1 fully saturated rings. The number of carbonyl (C=O) groups is 1. The van der Waals surface area contributed by atoms with E-state index in [1.807, 2.05) is 32.0 Å². The summed E-state index contributed by atoms with van der Waals surface area (Å²) in [6.45, 7) is 4.15. The summed E-state index contributed by atoms with van der Waals surface area (Å²) in [5, 5.41) is 12.5. The van der Waals surface area contributed by atoms with E-state index in [-0.39, 0.29) is 24.5 Å². The molecule has 3 heteroatoms. The van der Waals surface area contributed by atoms with Crippen LogP contribution in [0.5, 0.6) is 0 Å². The van der Waals surface area contributed by atoms with Crippen molar-refractivity contribution in [1.82, 2.24) is 5.32 Å². The highest BCUT2D eigenvalue weighted by Crippen LogP contribution is 2.24. The monoisotopic (exact) mass is 261 g/mol. The van der Waals surface area contributed by atoms with Crippen LogP contribution in [0.1, 0.15) is 47.2 Å². The second-order valence-electron chi connectivity index (χ2n) is 5.63. The molecule has 19 heavy (non-hydrogen) atoms. The molecule has 104 valence electrons. The first kappa shape index (κ1) is 14.1. The molecule has 1 aliphatic carbocycles. The van der Waals surface area contributed by atoms with Gasteiger partial charge in [-0.15, -0.1) is 0 Å². The quantitative estimate of drug-likeness (QED) is 0.878. The molecule has 0 bridgehead atoms. The fraction of sp³-hybridized carbons (Fsp3) is 0.562. The van der Waals surface area contributed by atoms with E-state index in [1.165, 1.54) is 5.56 Å². The van der Waals surface area contributed by atoms with Gasteiger partial charge >= 0.3 is 0 Å². The van der Waals surface area contributed by atoms with Gasteiger partial charge in [0.1, 0.15) is 0 Å². The summed E-state index contributed by atoms with van der Waals surface area (Å²) in [5.41, 5.74) is 2.92. The summed E-state index contributed by atoms with van der Waals surface area (Å²) in [5.74, 6) is 0.200. The number of aliphatic hydroxyl groups excluding tert-OH is 1. The van der Waals surface area contributed by atoms with Crippen molar-refractivity contribution in [2.75, 3.05) is 6.61 Å². The Kier molecular flexibility index (Phi) is 4.59. The van der Waals surface area contributed by atoms with Crippen molar-refractivity contribution in [1.29, 1.82) is 0 Å². The molecule has 1 aromatic rings. The van der Waals surface area contributed by atoms with Gasteiger partial charge in [0.25, 0.3) is 5.91 Å². The summed E-state index contributed by atoms with van der Waals surface area (Å²) >= 11 is 0.